The first kappa shape index (κ1) is 19.5. The molecule has 4 rings (SSSR count). The summed E-state index contributed by atoms with van der Waals surface area (Å²) in [5.74, 6) is 1.49. The van der Waals surface area contributed by atoms with Gasteiger partial charge in [-0.1, -0.05) is 54.6 Å². The zero-order valence-electron chi connectivity index (χ0n) is 16.8. The molecule has 0 radical (unpaired) electrons. The van der Waals surface area contributed by atoms with Crippen LogP contribution in [0.5, 0.6) is 0 Å². The van der Waals surface area contributed by atoms with Gasteiger partial charge in [0.1, 0.15) is 5.58 Å². The monoisotopic (exact) mass is 405 g/mol. The van der Waals surface area contributed by atoms with Gasteiger partial charge in [-0.3, -0.25) is 0 Å². The Balaban J connectivity index is 1.65. The van der Waals surface area contributed by atoms with E-state index in [0.717, 1.165) is 46.0 Å². The number of hydrogen-bond acceptors (Lipinski definition) is 5. The minimum Gasteiger partial charge on any atom is -0.423 e. The van der Waals surface area contributed by atoms with Gasteiger partial charge in [-0.25, -0.2) is 4.79 Å². The molecule has 6 heteroatoms. The van der Waals surface area contributed by atoms with E-state index < -0.39 is 0 Å². The first-order valence-electron chi connectivity index (χ1n) is 9.77. The first-order valence-corrected chi connectivity index (χ1v) is 10.8. The highest BCUT2D eigenvalue weighted by Crippen LogP contribution is 2.29. The molecule has 0 amide bonds. The number of fused-ring (bicyclic) bond motifs is 1. The Bertz CT molecular complexity index is 1230. The summed E-state index contributed by atoms with van der Waals surface area (Å²) in [5, 5.41) is 10.6. The van der Waals surface area contributed by atoms with Crippen LogP contribution >= 0.6 is 11.8 Å². The molecule has 0 spiro atoms. The molecular formula is C23H23N3O2S. The van der Waals surface area contributed by atoms with Crippen molar-refractivity contribution in [3.05, 3.63) is 75.6 Å². The highest BCUT2D eigenvalue weighted by Gasteiger charge is 2.15. The number of rotatable bonds is 6. The first-order chi connectivity index (χ1) is 14.1. The molecule has 4 aromatic rings. The largest absolute Gasteiger partial charge is 0.423 e. The number of aromatic nitrogens is 3. The Morgan fingerprint density at radius 2 is 1.93 bits per heavy atom. The second kappa shape index (κ2) is 8.25. The maximum Gasteiger partial charge on any atom is 0.336 e. The van der Waals surface area contributed by atoms with Gasteiger partial charge in [0.15, 0.2) is 11.0 Å². The third-order valence-corrected chi connectivity index (χ3v) is 5.98. The van der Waals surface area contributed by atoms with E-state index in [1.807, 2.05) is 18.2 Å². The van der Waals surface area contributed by atoms with E-state index in [2.05, 4.69) is 59.8 Å². The molecule has 0 bridgehead atoms. The molecular weight excluding hydrogens is 382 g/mol. The maximum atomic E-state index is 12.1. The van der Waals surface area contributed by atoms with E-state index in [4.69, 9.17) is 4.42 Å². The fraction of sp³-hybridized carbons (Fsp3) is 0.261. The predicted molar refractivity (Wildman–Crippen MR) is 117 cm³/mol. The summed E-state index contributed by atoms with van der Waals surface area (Å²) < 4.78 is 7.53. The number of thioether (sulfide) groups is 1. The minimum absolute atomic E-state index is 0.321. The lowest BCUT2D eigenvalue weighted by atomic mass is 10.1. The molecule has 29 heavy (non-hydrogen) atoms. The summed E-state index contributed by atoms with van der Waals surface area (Å²) >= 11 is 1.59. The molecule has 5 nitrogen and oxygen atoms in total. The van der Waals surface area contributed by atoms with Crippen molar-refractivity contribution in [3.8, 4) is 11.4 Å². The molecule has 2 aromatic heterocycles. The summed E-state index contributed by atoms with van der Waals surface area (Å²) in [6.07, 6.45) is 0.903. The number of benzene rings is 2. The van der Waals surface area contributed by atoms with Gasteiger partial charge in [-0.05, 0) is 43.5 Å². The quantitative estimate of drug-likeness (QED) is 0.324. The minimum atomic E-state index is -0.321. The van der Waals surface area contributed by atoms with Crippen LogP contribution in [-0.2, 0) is 18.7 Å². The second-order valence-electron chi connectivity index (χ2n) is 6.98. The average molecular weight is 406 g/mol. The van der Waals surface area contributed by atoms with Crippen LogP contribution in [0.2, 0.25) is 0 Å². The summed E-state index contributed by atoms with van der Waals surface area (Å²) in [6.45, 7) is 7.02. The van der Waals surface area contributed by atoms with Gasteiger partial charge in [-0.2, -0.15) is 0 Å². The molecule has 0 aliphatic carbocycles. The third kappa shape index (κ3) is 3.98. The predicted octanol–water partition coefficient (Wildman–Crippen LogP) is 5.23. The number of hydrogen-bond donors (Lipinski definition) is 0. The summed E-state index contributed by atoms with van der Waals surface area (Å²) in [7, 11) is 0. The molecule has 0 aliphatic rings. The van der Waals surface area contributed by atoms with Crippen molar-refractivity contribution in [2.75, 3.05) is 0 Å². The van der Waals surface area contributed by atoms with Crippen LogP contribution in [0.15, 0.2) is 62.9 Å². The van der Waals surface area contributed by atoms with Gasteiger partial charge in [0.2, 0.25) is 0 Å². The van der Waals surface area contributed by atoms with E-state index in [1.165, 1.54) is 5.56 Å². The Kier molecular flexibility index (Phi) is 5.53. The molecule has 148 valence electrons. The van der Waals surface area contributed by atoms with Gasteiger partial charge in [0, 0.05) is 29.3 Å². The summed E-state index contributed by atoms with van der Waals surface area (Å²) in [4.78, 5) is 12.1. The van der Waals surface area contributed by atoms with E-state index in [-0.39, 0.29) is 5.63 Å². The Morgan fingerprint density at radius 1 is 1.07 bits per heavy atom. The lowest BCUT2D eigenvalue weighted by Crippen LogP contribution is -2.02. The average Bonchev–Trinajstić information content (AvgIpc) is 3.14. The molecule has 0 saturated carbocycles. The standard InChI is InChI=1S/C23H23N3O2S/c1-4-16-9-10-19-18(13-21(27)28-20(19)12-16)14-29-23-25-24-22(26(23)5-2)17-8-6-7-15(3)11-17/h6-13H,4-5,14H2,1-3H3. The zero-order chi connectivity index (χ0) is 20.4. The van der Waals surface area contributed by atoms with E-state index in [9.17, 15) is 4.79 Å². The van der Waals surface area contributed by atoms with E-state index >= 15 is 0 Å². The van der Waals surface area contributed by atoms with E-state index in [1.54, 1.807) is 17.8 Å². The maximum absolute atomic E-state index is 12.1. The van der Waals surface area contributed by atoms with Crippen molar-refractivity contribution in [2.24, 2.45) is 0 Å². The molecule has 0 fully saturated rings. The van der Waals surface area contributed by atoms with Crippen molar-refractivity contribution < 1.29 is 4.42 Å². The van der Waals surface area contributed by atoms with Crippen LogP contribution in [0, 0.1) is 6.92 Å². The lowest BCUT2D eigenvalue weighted by Gasteiger charge is -2.09. The van der Waals surface area contributed by atoms with Crippen LogP contribution in [0.25, 0.3) is 22.4 Å². The summed E-state index contributed by atoms with van der Waals surface area (Å²) in [6, 6.07) is 15.9. The number of aryl methyl sites for hydroxylation is 2. The molecule has 0 saturated heterocycles. The highest BCUT2D eigenvalue weighted by molar-refractivity contribution is 7.98. The van der Waals surface area contributed by atoms with Crippen molar-refractivity contribution in [1.82, 2.24) is 14.8 Å². The summed E-state index contributed by atoms with van der Waals surface area (Å²) in [5.41, 5.74) is 4.68. The van der Waals surface area contributed by atoms with Gasteiger partial charge in [0.05, 0.1) is 0 Å². The molecule has 0 N–H and O–H groups in total. The van der Waals surface area contributed by atoms with Gasteiger partial charge < -0.3 is 8.98 Å². The van der Waals surface area contributed by atoms with Crippen LogP contribution < -0.4 is 5.63 Å². The molecule has 0 atom stereocenters. The van der Waals surface area contributed by atoms with Crippen LogP contribution in [0.1, 0.15) is 30.5 Å². The van der Waals surface area contributed by atoms with Crippen molar-refractivity contribution in [2.45, 2.75) is 44.6 Å². The van der Waals surface area contributed by atoms with E-state index in [0.29, 0.717) is 11.3 Å². The molecule has 2 aromatic carbocycles. The smallest absolute Gasteiger partial charge is 0.336 e. The third-order valence-electron chi connectivity index (χ3n) is 4.97. The van der Waals surface area contributed by atoms with Crippen LogP contribution in [0.3, 0.4) is 0 Å². The lowest BCUT2D eigenvalue weighted by molar-refractivity contribution is 0.559. The topological polar surface area (TPSA) is 60.9 Å². The van der Waals surface area contributed by atoms with Crippen molar-refractivity contribution in [1.29, 1.82) is 0 Å². The number of nitrogens with zero attached hydrogens (tertiary/aromatic N) is 3. The fourth-order valence-electron chi connectivity index (χ4n) is 3.43. The Morgan fingerprint density at radius 3 is 2.69 bits per heavy atom. The highest BCUT2D eigenvalue weighted by atomic mass is 32.2. The van der Waals surface area contributed by atoms with Gasteiger partial charge in [0.25, 0.3) is 0 Å². The normalized spacial score (nSPS) is 11.3. The Labute approximate surface area is 173 Å². The van der Waals surface area contributed by atoms with Crippen LogP contribution in [0.4, 0.5) is 0 Å². The molecule has 0 aliphatic heterocycles. The van der Waals surface area contributed by atoms with Gasteiger partial charge >= 0.3 is 5.63 Å². The SMILES string of the molecule is CCc1ccc2c(CSc3nnc(-c4cccc(C)c4)n3CC)cc(=O)oc2c1. The molecule has 2 heterocycles. The zero-order valence-corrected chi connectivity index (χ0v) is 17.6. The van der Waals surface area contributed by atoms with Gasteiger partial charge in [-0.15, -0.1) is 10.2 Å². The Hall–Kier alpha value is -2.86. The molecule has 0 unspecified atom stereocenters. The van der Waals surface area contributed by atoms with Crippen molar-refractivity contribution >= 4 is 22.7 Å². The second-order valence-corrected chi connectivity index (χ2v) is 7.93. The van der Waals surface area contributed by atoms with Crippen molar-refractivity contribution in [3.63, 3.8) is 0 Å². The van der Waals surface area contributed by atoms with Crippen LogP contribution in [-0.4, -0.2) is 14.8 Å². The fourth-order valence-corrected chi connectivity index (χ4v) is 4.43.